The third-order valence-corrected chi connectivity index (χ3v) is 4.26. The average Bonchev–Trinajstić information content (AvgIpc) is 2.33. The fourth-order valence-corrected chi connectivity index (χ4v) is 2.63. The number of halogens is 4. The van der Waals surface area contributed by atoms with E-state index in [0.717, 1.165) is 10.0 Å². The van der Waals surface area contributed by atoms with Crippen molar-refractivity contribution in [1.82, 2.24) is 0 Å². The predicted octanol–water partition coefficient (Wildman–Crippen LogP) is 5.73. The van der Waals surface area contributed by atoms with E-state index in [1.165, 1.54) is 0 Å². The van der Waals surface area contributed by atoms with Gasteiger partial charge in [-0.3, -0.25) is 0 Å². The molecule has 2 aromatic carbocycles. The molecule has 0 aliphatic carbocycles. The standard InChI is InChI=1S/C13H8Br2ClF/c14-9-6-4-8(5-7-9)12(15)10-2-1-3-11(16)13(10)17/h1-7,12H. The largest absolute Gasteiger partial charge is 0.205 e. The van der Waals surface area contributed by atoms with Gasteiger partial charge in [-0.15, -0.1) is 0 Å². The minimum atomic E-state index is -0.376. The minimum Gasteiger partial charge on any atom is -0.205 e. The Balaban J connectivity index is 2.40. The molecule has 0 saturated carbocycles. The first-order valence-electron chi connectivity index (χ1n) is 4.93. The van der Waals surface area contributed by atoms with Crippen LogP contribution in [0.3, 0.4) is 0 Å². The summed E-state index contributed by atoms with van der Waals surface area (Å²) >= 11 is 12.6. The summed E-state index contributed by atoms with van der Waals surface area (Å²) in [5, 5.41) is 0.143. The van der Waals surface area contributed by atoms with Crippen LogP contribution in [0.2, 0.25) is 5.02 Å². The third kappa shape index (κ3) is 2.90. The van der Waals surface area contributed by atoms with Crippen LogP contribution in [0.5, 0.6) is 0 Å². The maximum atomic E-state index is 13.8. The first-order chi connectivity index (χ1) is 8.09. The Morgan fingerprint density at radius 2 is 1.71 bits per heavy atom. The number of benzene rings is 2. The van der Waals surface area contributed by atoms with Crippen LogP contribution in [-0.2, 0) is 0 Å². The summed E-state index contributed by atoms with van der Waals surface area (Å²) in [5.74, 6) is -0.376. The monoisotopic (exact) mass is 376 g/mol. The molecule has 0 saturated heterocycles. The summed E-state index contributed by atoms with van der Waals surface area (Å²) in [4.78, 5) is -0.200. The summed E-state index contributed by atoms with van der Waals surface area (Å²) in [6, 6.07) is 12.7. The van der Waals surface area contributed by atoms with Gasteiger partial charge in [0.25, 0.3) is 0 Å². The second-order valence-corrected chi connectivity index (χ2v) is 5.80. The highest BCUT2D eigenvalue weighted by Crippen LogP contribution is 2.34. The number of alkyl halides is 1. The van der Waals surface area contributed by atoms with Gasteiger partial charge in [-0.2, -0.15) is 0 Å². The van der Waals surface area contributed by atoms with Crippen molar-refractivity contribution in [3.8, 4) is 0 Å². The SMILES string of the molecule is Fc1c(Cl)cccc1C(Br)c1ccc(Br)cc1. The lowest BCUT2D eigenvalue weighted by atomic mass is 10.0. The average molecular weight is 378 g/mol. The first kappa shape index (κ1) is 13.1. The molecule has 0 aromatic heterocycles. The van der Waals surface area contributed by atoms with E-state index < -0.39 is 0 Å². The molecule has 0 aliphatic heterocycles. The Hall–Kier alpha value is -0.380. The van der Waals surface area contributed by atoms with Crippen LogP contribution in [0.1, 0.15) is 16.0 Å². The van der Waals surface area contributed by atoms with Crippen molar-refractivity contribution in [3.05, 3.63) is 68.9 Å². The normalized spacial score (nSPS) is 12.5. The molecule has 0 nitrogen and oxygen atoms in total. The molecule has 0 radical (unpaired) electrons. The molecular formula is C13H8Br2ClF. The zero-order valence-corrected chi connectivity index (χ0v) is 12.6. The topological polar surface area (TPSA) is 0 Å². The highest BCUT2D eigenvalue weighted by molar-refractivity contribution is 9.10. The molecule has 1 atom stereocenters. The fourth-order valence-electron chi connectivity index (χ4n) is 1.53. The fraction of sp³-hybridized carbons (Fsp3) is 0.0769. The third-order valence-electron chi connectivity index (χ3n) is 2.42. The van der Waals surface area contributed by atoms with E-state index in [1.54, 1.807) is 18.2 Å². The highest BCUT2D eigenvalue weighted by atomic mass is 79.9. The molecule has 88 valence electrons. The van der Waals surface area contributed by atoms with Gasteiger partial charge in [0.05, 0.1) is 9.85 Å². The Bertz CT molecular complexity index is 525. The second-order valence-electron chi connectivity index (χ2n) is 3.56. The van der Waals surface area contributed by atoms with Crippen molar-refractivity contribution in [2.75, 3.05) is 0 Å². The van der Waals surface area contributed by atoms with E-state index in [9.17, 15) is 4.39 Å². The van der Waals surface area contributed by atoms with Crippen LogP contribution in [0.15, 0.2) is 46.9 Å². The maximum Gasteiger partial charge on any atom is 0.146 e. The first-order valence-corrected chi connectivity index (χ1v) is 7.01. The Morgan fingerprint density at radius 3 is 2.35 bits per heavy atom. The van der Waals surface area contributed by atoms with Crippen LogP contribution in [-0.4, -0.2) is 0 Å². The lowest BCUT2D eigenvalue weighted by molar-refractivity contribution is 0.614. The summed E-state index contributed by atoms with van der Waals surface area (Å²) in [6.45, 7) is 0. The van der Waals surface area contributed by atoms with Gasteiger partial charge < -0.3 is 0 Å². The van der Waals surface area contributed by atoms with E-state index in [1.807, 2.05) is 24.3 Å². The number of hydrogen-bond donors (Lipinski definition) is 0. The Kier molecular flexibility index (Phi) is 4.23. The molecule has 0 aliphatic rings. The summed E-state index contributed by atoms with van der Waals surface area (Å²) in [7, 11) is 0. The van der Waals surface area contributed by atoms with Crippen LogP contribution in [0, 0.1) is 5.82 Å². The van der Waals surface area contributed by atoms with Crippen molar-refractivity contribution in [2.45, 2.75) is 4.83 Å². The van der Waals surface area contributed by atoms with Gasteiger partial charge >= 0.3 is 0 Å². The van der Waals surface area contributed by atoms with E-state index in [0.29, 0.717) is 5.56 Å². The van der Waals surface area contributed by atoms with Crippen LogP contribution in [0.4, 0.5) is 4.39 Å². The molecule has 4 heteroatoms. The molecule has 0 N–H and O–H groups in total. The molecule has 0 fully saturated rings. The zero-order chi connectivity index (χ0) is 12.4. The van der Waals surface area contributed by atoms with Gasteiger partial charge in [-0.25, -0.2) is 4.39 Å². The molecule has 0 amide bonds. The molecule has 0 heterocycles. The summed E-state index contributed by atoms with van der Waals surface area (Å²) in [6.07, 6.45) is 0. The lowest BCUT2D eigenvalue weighted by Crippen LogP contribution is -1.96. The van der Waals surface area contributed by atoms with Gasteiger partial charge in [0.1, 0.15) is 5.82 Å². The summed E-state index contributed by atoms with van der Waals surface area (Å²) < 4.78 is 14.8. The molecular weight excluding hydrogens is 370 g/mol. The van der Waals surface area contributed by atoms with Crippen molar-refractivity contribution < 1.29 is 4.39 Å². The highest BCUT2D eigenvalue weighted by Gasteiger charge is 2.16. The van der Waals surface area contributed by atoms with Gasteiger partial charge in [0, 0.05) is 10.0 Å². The van der Waals surface area contributed by atoms with Crippen molar-refractivity contribution in [3.63, 3.8) is 0 Å². The molecule has 2 aromatic rings. The van der Waals surface area contributed by atoms with E-state index in [2.05, 4.69) is 31.9 Å². The van der Waals surface area contributed by atoms with Crippen molar-refractivity contribution in [2.24, 2.45) is 0 Å². The zero-order valence-electron chi connectivity index (χ0n) is 8.63. The van der Waals surface area contributed by atoms with E-state index in [-0.39, 0.29) is 15.7 Å². The van der Waals surface area contributed by atoms with Crippen molar-refractivity contribution in [1.29, 1.82) is 0 Å². The van der Waals surface area contributed by atoms with Crippen LogP contribution in [0.25, 0.3) is 0 Å². The molecule has 17 heavy (non-hydrogen) atoms. The minimum absolute atomic E-state index is 0.143. The predicted molar refractivity (Wildman–Crippen MR) is 76.3 cm³/mol. The quantitative estimate of drug-likeness (QED) is 0.586. The lowest BCUT2D eigenvalue weighted by Gasteiger charge is -2.12. The maximum absolute atomic E-state index is 13.8. The number of hydrogen-bond acceptors (Lipinski definition) is 0. The molecule has 2 rings (SSSR count). The molecule has 0 bridgehead atoms. The molecule has 0 spiro atoms. The number of rotatable bonds is 2. The van der Waals surface area contributed by atoms with Crippen molar-refractivity contribution >= 4 is 43.5 Å². The Labute approximate surface area is 121 Å². The summed E-state index contributed by atoms with van der Waals surface area (Å²) in [5.41, 5.74) is 1.52. The van der Waals surface area contributed by atoms with Crippen LogP contribution >= 0.6 is 43.5 Å². The van der Waals surface area contributed by atoms with E-state index in [4.69, 9.17) is 11.6 Å². The van der Waals surface area contributed by atoms with Gasteiger partial charge in [-0.1, -0.05) is 67.7 Å². The smallest absolute Gasteiger partial charge is 0.146 e. The van der Waals surface area contributed by atoms with Crippen LogP contribution < -0.4 is 0 Å². The van der Waals surface area contributed by atoms with Gasteiger partial charge in [-0.05, 0) is 23.8 Å². The van der Waals surface area contributed by atoms with Gasteiger partial charge in [0.15, 0.2) is 0 Å². The Morgan fingerprint density at radius 1 is 1.06 bits per heavy atom. The molecule has 1 unspecified atom stereocenters. The van der Waals surface area contributed by atoms with Gasteiger partial charge in [0.2, 0.25) is 0 Å². The van der Waals surface area contributed by atoms with E-state index >= 15 is 0 Å². The second kappa shape index (κ2) is 5.51.